The van der Waals surface area contributed by atoms with Gasteiger partial charge >= 0.3 is 0 Å². The summed E-state index contributed by atoms with van der Waals surface area (Å²) in [5, 5.41) is 9.19. The molecule has 0 aliphatic carbocycles. The maximum atomic E-state index is 13.1. The summed E-state index contributed by atoms with van der Waals surface area (Å²) in [6.45, 7) is 9.62. The van der Waals surface area contributed by atoms with Crippen molar-refractivity contribution in [2.45, 2.75) is 37.3 Å². The van der Waals surface area contributed by atoms with Crippen LogP contribution in [0.4, 0.5) is 0 Å². The number of rotatable bonds is 9. The number of hydrogen-bond donors (Lipinski definition) is 0. The number of benzene rings is 2. The zero-order chi connectivity index (χ0) is 21.5. The summed E-state index contributed by atoms with van der Waals surface area (Å²) in [5.74, 6) is 0.853. The van der Waals surface area contributed by atoms with Crippen LogP contribution in [-0.4, -0.2) is 37.4 Å². The molecule has 5 nitrogen and oxygen atoms in total. The second-order valence-corrected chi connectivity index (χ2v) is 9.03. The van der Waals surface area contributed by atoms with Crippen LogP contribution in [0.15, 0.2) is 76.9 Å². The molecule has 0 bridgehead atoms. The maximum absolute atomic E-state index is 13.1. The van der Waals surface area contributed by atoms with Crippen molar-refractivity contribution >= 4 is 33.6 Å². The van der Waals surface area contributed by atoms with Crippen molar-refractivity contribution in [2.24, 2.45) is 0 Å². The largest absolute Gasteiger partial charge is 0.338 e. The maximum Gasteiger partial charge on any atom is 0.236 e. The van der Waals surface area contributed by atoms with Crippen LogP contribution < -0.4 is 0 Å². The lowest BCUT2D eigenvalue weighted by molar-refractivity contribution is -0.130. The second-order valence-electron chi connectivity index (χ2n) is 6.81. The van der Waals surface area contributed by atoms with E-state index < -0.39 is 0 Å². The Kier molecular flexibility index (Phi) is 7.87. The van der Waals surface area contributed by atoms with Crippen LogP contribution in [-0.2, 0) is 17.9 Å². The number of thioether (sulfide) groups is 1. The zero-order valence-corrected chi connectivity index (χ0v) is 19.6. The first-order chi connectivity index (χ1) is 14.5. The van der Waals surface area contributed by atoms with Gasteiger partial charge in [0.05, 0.1) is 5.25 Å². The minimum Gasteiger partial charge on any atom is -0.338 e. The summed E-state index contributed by atoms with van der Waals surface area (Å²) in [4.78, 5) is 15.0. The molecule has 2 aromatic carbocycles. The molecule has 0 aliphatic rings. The van der Waals surface area contributed by atoms with E-state index in [9.17, 15) is 4.79 Å². The van der Waals surface area contributed by atoms with Gasteiger partial charge in [-0.2, -0.15) is 0 Å². The molecule has 1 atom stereocenters. The molecule has 0 N–H and O–H groups in total. The number of halogens is 1. The van der Waals surface area contributed by atoms with Crippen molar-refractivity contribution in [3.05, 3.63) is 77.3 Å². The highest BCUT2D eigenvalue weighted by atomic mass is 79.9. The lowest BCUT2D eigenvalue weighted by atomic mass is 10.2. The minimum atomic E-state index is -0.279. The lowest BCUT2D eigenvalue weighted by Gasteiger charge is -2.24. The molecule has 0 fully saturated rings. The van der Waals surface area contributed by atoms with E-state index in [1.165, 1.54) is 11.8 Å². The van der Waals surface area contributed by atoms with E-state index >= 15 is 0 Å². The molecule has 0 aliphatic heterocycles. The van der Waals surface area contributed by atoms with Crippen LogP contribution in [0.3, 0.4) is 0 Å². The first-order valence-electron chi connectivity index (χ1n) is 9.82. The van der Waals surface area contributed by atoms with Crippen molar-refractivity contribution in [3.8, 4) is 11.4 Å². The van der Waals surface area contributed by atoms with Crippen LogP contribution >= 0.6 is 27.7 Å². The smallest absolute Gasteiger partial charge is 0.236 e. The fourth-order valence-corrected chi connectivity index (χ4v) is 4.30. The van der Waals surface area contributed by atoms with Crippen LogP contribution in [0.1, 0.15) is 19.4 Å². The van der Waals surface area contributed by atoms with E-state index in [1.54, 1.807) is 0 Å². The minimum absolute atomic E-state index is 0.0877. The number of allylic oxidation sites excluding steroid dienone is 1. The summed E-state index contributed by atoms with van der Waals surface area (Å²) < 4.78 is 3.01. The molecular weight excluding hydrogens is 460 g/mol. The first kappa shape index (κ1) is 22.3. The molecule has 0 radical (unpaired) electrons. The highest BCUT2D eigenvalue weighted by Crippen LogP contribution is 2.28. The molecule has 0 spiro atoms. The average molecular weight is 485 g/mol. The SMILES string of the molecule is C=CCn1c(SC(C)C(=O)N(CC)Cc2ccccc2)nnc1-c1ccc(Br)cc1. The summed E-state index contributed by atoms with van der Waals surface area (Å²) in [6.07, 6.45) is 1.82. The standard InChI is InChI=1S/C23H25BrN4OS/c1-4-15-28-21(19-11-13-20(24)14-12-19)25-26-23(28)30-17(3)22(29)27(5-2)16-18-9-7-6-8-10-18/h4,6-14,17H,1,5,15-16H2,2-3H3. The van der Waals surface area contributed by atoms with E-state index in [0.29, 0.717) is 24.8 Å². The zero-order valence-electron chi connectivity index (χ0n) is 17.2. The second kappa shape index (κ2) is 10.6. The van der Waals surface area contributed by atoms with E-state index in [0.717, 1.165) is 21.4 Å². The molecule has 156 valence electrons. The Bertz CT molecular complexity index is 988. The molecule has 1 amide bonds. The van der Waals surface area contributed by atoms with Crippen LogP contribution in [0.25, 0.3) is 11.4 Å². The Morgan fingerprint density at radius 1 is 1.20 bits per heavy atom. The predicted molar refractivity (Wildman–Crippen MR) is 126 cm³/mol. The number of hydrogen-bond acceptors (Lipinski definition) is 4. The number of aromatic nitrogens is 3. The van der Waals surface area contributed by atoms with Crippen LogP contribution in [0.2, 0.25) is 0 Å². The number of nitrogens with zero attached hydrogens (tertiary/aromatic N) is 4. The Morgan fingerprint density at radius 2 is 1.90 bits per heavy atom. The molecule has 1 unspecified atom stereocenters. The first-order valence-corrected chi connectivity index (χ1v) is 11.5. The van der Waals surface area contributed by atoms with Gasteiger partial charge in [-0.1, -0.05) is 76.2 Å². The molecule has 0 saturated carbocycles. The van der Waals surface area contributed by atoms with E-state index in [2.05, 4.69) is 32.7 Å². The third-order valence-electron chi connectivity index (χ3n) is 4.67. The van der Waals surface area contributed by atoms with Crippen molar-refractivity contribution in [1.82, 2.24) is 19.7 Å². The Hall–Kier alpha value is -2.38. The van der Waals surface area contributed by atoms with E-state index in [-0.39, 0.29) is 11.2 Å². The Labute approximate surface area is 190 Å². The van der Waals surface area contributed by atoms with E-state index in [1.807, 2.05) is 84.0 Å². The monoisotopic (exact) mass is 484 g/mol. The number of carbonyl (C=O) groups is 1. The third-order valence-corrected chi connectivity index (χ3v) is 6.27. The molecule has 3 aromatic rings. The molecule has 7 heteroatoms. The van der Waals surface area contributed by atoms with Gasteiger partial charge in [-0.3, -0.25) is 9.36 Å². The Morgan fingerprint density at radius 3 is 2.53 bits per heavy atom. The van der Waals surface area contributed by atoms with Crippen LogP contribution in [0.5, 0.6) is 0 Å². The van der Waals surface area contributed by atoms with Crippen molar-refractivity contribution < 1.29 is 4.79 Å². The van der Waals surface area contributed by atoms with Gasteiger partial charge in [-0.15, -0.1) is 16.8 Å². The molecular formula is C23H25BrN4OS. The molecule has 30 heavy (non-hydrogen) atoms. The Balaban J connectivity index is 1.78. The van der Waals surface area contributed by atoms with Crippen molar-refractivity contribution in [2.75, 3.05) is 6.54 Å². The van der Waals surface area contributed by atoms with Crippen molar-refractivity contribution in [1.29, 1.82) is 0 Å². The third kappa shape index (κ3) is 5.40. The van der Waals surface area contributed by atoms with Gasteiger partial charge in [-0.25, -0.2) is 0 Å². The van der Waals surface area contributed by atoms with Gasteiger partial charge in [0, 0.05) is 29.7 Å². The van der Waals surface area contributed by atoms with Crippen molar-refractivity contribution in [3.63, 3.8) is 0 Å². The fraction of sp³-hybridized carbons (Fsp3) is 0.261. The normalized spacial score (nSPS) is 11.8. The number of amides is 1. The quantitative estimate of drug-likeness (QED) is 0.300. The lowest BCUT2D eigenvalue weighted by Crippen LogP contribution is -2.36. The summed E-state index contributed by atoms with van der Waals surface area (Å²) in [6, 6.07) is 18.0. The van der Waals surface area contributed by atoms with Gasteiger partial charge < -0.3 is 4.90 Å². The fourth-order valence-electron chi connectivity index (χ4n) is 3.10. The van der Waals surface area contributed by atoms with Crippen LogP contribution in [0, 0.1) is 0 Å². The number of carbonyl (C=O) groups excluding carboxylic acids is 1. The summed E-state index contributed by atoms with van der Waals surface area (Å²) in [5.41, 5.74) is 2.09. The molecule has 1 aromatic heterocycles. The van der Waals surface area contributed by atoms with Gasteiger partial charge in [0.2, 0.25) is 5.91 Å². The van der Waals surface area contributed by atoms with Gasteiger partial charge in [-0.05, 0) is 31.5 Å². The van der Waals surface area contributed by atoms with Gasteiger partial charge in [0.1, 0.15) is 0 Å². The molecule has 0 saturated heterocycles. The summed E-state index contributed by atoms with van der Waals surface area (Å²) >= 11 is 4.89. The van der Waals surface area contributed by atoms with Gasteiger partial charge in [0.15, 0.2) is 11.0 Å². The van der Waals surface area contributed by atoms with Gasteiger partial charge in [0.25, 0.3) is 0 Å². The topological polar surface area (TPSA) is 51.0 Å². The highest BCUT2D eigenvalue weighted by Gasteiger charge is 2.24. The average Bonchev–Trinajstić information content (AvgIpc) is 3.15. The molecule has 1 heterocycles. The summed E-state index contributed by atoms with van der Waals surface area (Å²) in [7, 11) is 0. The predicted octanol–water partition coefficient (Wildman–Crippen LogP) is 5.42. The highest BCUT2D eigenvalue weighted by molar-refractivity contribution is 9.10. The molecule has 3 rings (SSSR count). The van der Waals surface area contributed by atoms with E-state index in [4.69, 9.17) is 0 Å².